The summed E-state index contributed by atoms with van der Waals surface area (Å²) in [6.07, 6.45) is -4.60. The van der Waals surface area contributed by atoms with Crippen LogP contribution in [0.1, 0.15) is 22.7 Å². The molecule has 7 heteroatoms. The van der Waals surface area contributed by atoms with Crippen molar-refractivity contribution in [3.8, 4) is 6.07 Å². The number of nitrogens with zero attached hydrogens (tertiary/aromatic N) is 2. The summed E-state index contributed by atoms with van der Waals surface area (Å²) in [4.78, 5) is 1.88. The molecular weight excluding hydrogens is 334 g/mol. The summed E-state index contributed by atoms with van der Waals surface area (Å²) in [5.74, 6) is -0.351. The van der Waals surface area contributed by atoms with Gasteiger partial charge in [-0.05, 0) is 50.0 Å². The molecule has 0 heterocycles. The van der Waals surface area contributed by atoms with Crippen molar-refractivity contribution in [2.45, 2.75) is 12.2 Å². The van der Waals surface area contributed by atoms with E-state index in [-0.39, 0.29) is 17.5 Å². The van der Waals surface area contributed by atoms with Crippen LogP contribution >= 0.6 is 0 Å². The van der Waals surface area contributed by atoms with Crippen molar-refractivity contribution in [2.75, 3.05) is 26.0 Å². The van der Waals surface area contributed by atoms with Crippen LogP contribution in [0.5, 0.6) is 0 Å². The fourth-order valence-corrected chi connectivity index (χ4v) is 2.48. The van der Waals surface area contributed by atoms with Crippen LogP contribution < -0.4 is 5.32 Å². The third-order valence-electron chi connectivity index (χ3n) is 3.82. The number of nitriles is 1. The Morgan fingerprint density at radius 3 is 2.28 bits per heavy atom. The number of hydrogen-bond donors (Lipinski definition) is 1. The van der Waals surface area contributed by atoms with Crippen molar-refractivity contribution in [3.63, 3.8) is 0 Å². The van der Waals surface area contributed by atoms with Crippen LogP contribution in [0.15, 0.2) is 42.5 Å². The minimum absolute atomic E-state index is 0.161. The molecular formula is C18H17F4N3. The van der Waals surface area contributed by atoms with Crippen molar-refractivity contribution < 1.29 is 17.6 Å². The lowest BCUT2D eigenvalue weighted by Gasteiger charge is -2.26. The van der Waals surface area contributed by atoms with Gasteiger partial charge in [0.2, 0.25) is 0 Å². The molecule has 2 aromatic carbocycles. The number of alkyl halides is 3. The molecule has 0 saturated carbocycles. The van der Waals surface area contributed by atoms with Gasteiger partial charge in [-0.3, -0.25) is 0 Å². The van der Waals surface area contributed by atoms with E-state index in [0.29, 0.717) is 6.54 Å². The number of nitrogens with one attached hydrogen (secondary N) is 1. The summed E-state index contributed by atoms with van der Waals surface area (Å²) < 4.78 is 52.1. The van der Waals surface area contributed by atoms with Crippen LogP contribution in [-0.4, -0.2) is 25.5 Å². The molecule has 0 aliphatic heterocycles. The van der Waals surface area contributed by atoms with Crippen LogP contribution in [0, 0.1) is 17.1 Å². The molecule has 0 saturated heterocycles. The average molecular weight is 351 g/mol. The topological polar surface area (TPSA) is 39.1 Å². The van der Waals surface area contributed by atoms with Gasteiger partial charge in [-0.1, -0.05) is 12.1 Å². The summed E-state index contributed by atoms with van der Waals surface area (Å²) in [5.41, 5.74) is -0.284. The predicted molar refractivity (Wildman–Crippen MR) is 87.5 cm³/mol. The lowest BCUT2D eigenvalue weighted by atomic mass is 10.0. The Morgan fingerprint density at radius 2 is 1.76 bits per heavy atom. The summed E-state index contributed by atoms with van der Waals surface area (Å²) in [5, 5.41) is 11.8. The Hall–Kier alpha value is -2.59. The molecule has 0 fully saturated rings. The summed E-state index contributed by atoms with van der Waals surface area (Å²) in [6, 6.07) is 10.9. The third kappa shape index (κ3) is 4.70. The molecule has 0 bridgehead atoms. The standard InChI is InChI=1S/C18H17F4N3/c1-25(2)17(12-3-6-14(19)7-4-12)11-24-15-8-5-13(10-23)16(9-15)18(20,21)22/h3-9,17,24H,11H2,1-2H3. The maximum Gasteiger partial charge on any atom is 0.417 e. The second kappa shape index (κ2) is 7.53. The van der Waals surface area contributed by atoms with E-state index in [1.165, 1.54) is 18.2 Å². The maximum atomic E-state index is 13.1. The van der Waals surface area contributed by atoms with Crippen molar-refractivity contribution >= 4 is 5.69 Å². The van der Waals surface area contributed by atoms with Crippen LogP contribution in [0.4, 0.5) is 23.2 Å². The molecule has 0 aliphatic carbocycles. The molecule has 1 N–H and O–H groups in total. The van der Waals surface area contributed by atoms with Crippen molar-refractivity contribution in [3.05, 3.63) is 65.0 Å². The normalized spacial score (nSPS) is 12.7. The molecule has 0 amide bonds. The Morgan fingerprint density at radius 1 is 1.12 bits per heavy atom. The SMILES string of the molecule is CN(C)C(CNc1ccc(C#N)c(C(F)(F)F)c1)c1ccc(F)cc1. The van der Waals surface area contributed by atoms with E-state index < -0.39 is 17.3 Å². The van der Waals surface area contributed by atoms with Crippen LogP contribution in [-0.2, 0) is 6.18 Å². The largest absolute Gasteiger partial charge is 0.417 e. The fraction of sp³-hybridized carbons (Fsp3) is 0.278. The molecule has 0 aliphatic rings. The minimum atomic E-state index is -4.60. The van der Waals surface area contributed by atoms with Gasteiger partial charge in [-0.2, -0.15) is 18.4 Å². The van der Waals surface area contributed by atoms with Crippen LogP contribution in [0.3, 0.4) is 0 Å². The van der Waals surface area contributed by atoms with E-state index >= 15 is 0 Å². The number of hydrogen-bond acceptors (Lipinski definition) is 3. The lowest BCUT2D eigenvalue weighted by molar-refractivity contribution is -0.137. The van der Waals surface area contributed by atoms with Gasteiger partial charge in [-0.15, -0.1) is 0 Å². The zero-order valence-electron chi connectivity index (χ0n) is 13.7. The summed E-state index contributed by atoms with van der Waals surface area (Å²) in [6.45, 7) is 0.321. The van der Waals surface area contributed by atoms with Crippen LogP contribution in [0.25, 0.3) is 0 Å². The van der Waals surface area contributed by atoms with Gasteiger partial charge >= 0.3 is 6.18 Å². The van der Waals surface area contributed by atoms with E-state index in [1.807, 2.05) is 19.0 Å². The molecule has 2 aromatic rings. The molecule has 0 radical (unpaired) electrons. The number of halogens is 4. The second-order valence-electron chi connectivity index (χ2n) is 5.78. The van der Waals surface area contributed by atoms with E-state index in [4.69, 9.17) is 5.26 Å². The molecule has 25 heavy (non-hydrogen) atoms. The number of anilines is 1. The Bertz CT molecular complexity index is 761. The molecule has 0 spiro atoms. The van der Waals surface area contributed by atoms with Gasteiger partial charge in [0.25, 0.3) is 0 Å². The highest BCUT2D eigenvalue weighted by atomic mass is 19.4. The zero-order chi connectivity index (χ0) is 18.6. The zero-order valence-corrected chi connectivity index (χ0v) is 13.7. The van der Waals surface area contributed by atoms with Gasteiger partial charge in [-0.25, -0.2) is 4.39 Å². The molecule has 1 atom stereocenters. The van der Waals surface area contributed by atoms with E-state index in [9.17, 15) is 17.6 Å². The number of rotatable bonds is 5. The predicted octanol–water partition coefficient (Wildman–Crippen LogP) is 4.43. The smallest absolute Gasteiger partial charge is 0.383 e. The molecule has 132 valence electrons. The first-order valence-electron chi connectivity index (χ1n) is 7.49. The number of likely N-dealkylation sites (N-methyl/N-ethyl adjacent to an activating group) is 1. The first-order valence-corrected chi connectivity index (χ1v) is 7.49. The van der Waals surface area contributed by atoms with E-state index in [1.54, 1.807) is 18.2 Å². The van der Waals surface area contributed by atoms with E-state index in [0.717, 1.165) is 17.7 Å². The number of benzene rings is 2. The quantitative estimate of drug-likeness (QED) is 0.810. The highest BCUT2D eigenvalue weighted by molar-refractivity contribution is 5.53. The van der Waals surface area contributed by atoms with Crippen LogP contribution in [0.2, 0.25) is 0 Å². The lowest BCUT2D eigenvalue weighted by Crippen LogP contribution is -2.27. The first kappa shape index (κ1) is 18.7. The van der Waals surface area contributed by atoms with Gasteiger partial charge < -0.3 is 10.2 Å². The van der Waals surface area contributed by atoms with Gasteiger partial charge in [0.05, 0.1) is 23.2 Å². The minimum Gasteiger partial charge on any atom is -0.383 e. The summed E-state index contributed by atoms with van der Waals surface area (Å²) >= 11 is 0. The highest BCUT2D eigenvalue weighted by Gasteiger charge is 2.33. The Kier molecular flexibility index (Phi) is 5.65. The van der Waals surface area contributed by atoms with Gasteiger partial charge in [0, 0.05) is 12.2 Å². The van der Waals surface area contributed by atoms with Crippen molar-refractivity contribution in [1.29, 1.82) is 5.26 Å². The van der Waals surface area contributed by atoms with Gasteiger partial charge in [0.1, 0.15) is 5.82 Å². The van der Waals surface area contributed by atoms with Crippen molar-refractivity contribution in [2.24, 2.45) is 0 Å². The fourth-order valence-electron chi connectivity index (χ4n) is 2.48. The molecule has 0 aromatic heterocycles. The van der Waals surface area contributed by atoms with Crippen molar-refractivity contribution in [1.82, 2.24) is 4.90 Å². The summed E-state index contributed by atoms with van der Waals surface area (Å²) in [7, 11) is 3.66. The Labute approximate surface area is 143 Å². The molecule has 3 nitrogen and oxygen atoms in total. The monoisotopic (exact) mass is 351 g/mol. The van der Waals surface area contributed by atoms with E-state index in [2.05, 4.69) is 5.32 Å². The maximum absolute atomic E-state index is 13.1. The molecule has 2 rings (SSSR count). The highest BCUT2D eigenvalue weighted by Crippen LogP contribution is 2.33. The third-order valence-corrected chi connectivity index (χ3v) is 3.82. The average Bonchev–Trinajstić information content (AvgIpc) is 2.55. The first-order chi connectivity index (χ1) is 11.7. The molecule has 1 unspecified atom stereocenters. The van der Waals surface area contributed by atoms with Gasteiger partial charge in [0.15, 0.2) is 0 Å². The Balaban J connectivity index is 2.21. The second-order valence-corrected chi connectivity index (χ2v) is 5.78.